The quantitative estimate of drug-likeness (QED) is 0.282. The summed E-state index contributed by atoms with van der Waals surface area (Å²) in [4.78, 5) is 11.3. The molecule has 0 aromatic carbocycles. The molecule has 0 aliphatic heterocycles. The summed E-state index contributed by atoms with van der Waals surface area (Å²) in [5.41, 5.74) is -0.168. The van der Waals surface area contributed by atoms with Crippen LogP contribution in [0.25, 0.3) is 0 Å². The van der Waals surface area contributed by atoms with Crippen molar-refractivity contribution in [1.29, 1.82) is 0 Å². The molecule has 4 nitrogen and oxygen atoms in total. The fourth-order valence-electron chi connectivity index (χ4n) is 1.31. The van der Waals surface area contributed by atoms with Gasteiger partial charge in [-0.3, -0.25) is 0 Å². The van der Waals surface area contributed by atoms with Crippen molar-refractivity contribution >= 4 is 32.1 Å². The van der Waals surface area contributed by atoms with Gasteiger partial charge in [-0.1, -0.05) is 13.5 Å². The first-order valence-electron chi connectivity index (χ1n) is 6.91. The third-order valence-electron chi connectivity index (χ3n) is 2.04. The summed E-state index contributed by atoms with van der Waals surface area (Å²) in [5.74, 6) is -0.653. The van der Waals surface area contributed by atoms with Crippen LogP contribution in [0.1, 0.15) is 13.3 Å². The van der Waals surface area contributed by atoms with E-state index in [0.29, 0.717) is 9.52 Å². The number of carbonyl (C=O) groups is 1. The number of hydrogen-bond acceptors (Lipinski definition) is 4. The molecule has 0 saturated heterocycles. The van der Waals surface area contributed by atoms with E-state index in [1.165, 1.54) is 6.08 Å². The lowest BCUT2D eigenvalue weighted by molar-refractivity contribution is -0.139. The summed E-state index contributed by atoms with van der Waals surface area (Å²) in [7, 11) is -3.12. The van der Waals surface area contributed by atoms with Gasteiger partial charge in [0.05, 0.1) is 5.73 Å². The molecule has 0 heterocycles. The normalized spacial score (nSPS) is 14.2. The molecule has 1 atom stereocenters. The molecule has 0 aliphatic rings. The van der Waals surface area contributed by atoms with Crippen LogP contribution in [0.4, 0.5) is 0 Å². The van der Waals surface area contributed by atoms with Crippen molar-refractivity contribution in [3.8, 4) is 0 Å². The van der Waals surface area contributed by atoms with Crippen molar-refractivity contribution in [2.45, 2.75) is 64.3 Å². The zero-order chi connectivity index (χ0) is 16.0. The van der Waals surface area contributed by atoms with Gasteiger partial charge in [0.25, 0.3) is 0 Å². The molecule has 0 spiro atoms. The molecule has 0 saturated carbocycles. The molecule has 0 bridgehead atoms. The molecule has 0 aliphatic carbocycles. The molecule has 0 fully saturated rings. The maximum Gasteiger partial charge on any atom is 0.330 e. The van der Waals surface area contributed by atoms with Crippen LogP contribution in [0.5, 0.6) is 0 Å². The summed E-state index contributed by atoms with van der Waals surface area (Å²) in [5, 5.41) is 0. The first-order valence-corrected chi connectivity index (χ1v) is 14.9. The van der Waals surface area contributed by atoms with Crippen LogP contribution in [0.3, 0.4) is 0 Å². The Bertz CT molecular complexity index is 305. The van der Waals surface area contributed by atoms with Gasteiger partial charge >= 0.3 is 5.97 Å². The molecule has 7 heteroatoms. The molecule has 116 valence electrons. The Morgan fingerprint density at radius 3 is 1.90 bits per heavy atom. The number of esters is 1. The van der Waals surface area contributed by atoms with E-state index in [0.717, 1.165) is 6.42 Å². The standard InChI is InChI=1S/C13H28O4Si3/c1-9-11(14)15-12(10-2)18-13(16-19(3,4)5)17-20(6,7)8/h9,12-13H,1,10H2,2-8H3. The zero-order valence-electron chi connectivity index (χ0n) is 13.8. The number of hydrogen-bond donors (Lipinski definition) is 0. The lowest BCUT2D eigenvalue weighted by Gasteiger charge is -2.32. The van der Waals surface area contributed by atoms with Crippen LogP contribution in [0, 0.1) is 0 Å². The third kappa shape index (κ3) is 10.6. The second-order valence-electron chi connectivity index (χ2n) is 6.50. The molecule has 0 aromatic rings. The van der Waals surface area contributed by atoms with Crippen molar-refractivity contribution in [1.82, 2.24) is 0 Å². The minimum atomic E-state index is -1.70. The highest BCUT2D eigenvalue weighted by molar-refractivity contribution is 6.71. The van der Waals surface area contributed by atoms with E-state index in [1.54, 1.807) is 0 Å². The predicted octanol–water partition coefficient (Wildman–Crippen LogP) is 3.14. The Morgan fingerprint density at radius 2 is 1.60 bits per heavy atom. The van der Waals surface area contributed by atoms with Crippen LogP contribution < -0.4 is 0 Å². The van der Waals surface area contributed by atoms with Gasteiger partial charge in [-0.25, -0.2) is 4.79 Å². The van der Waals surface area contributed by atoms with Crippen molar-refractivity contribution in [2.75, 3.05) is 0 Å². The monoisotopic (exact) mass is 332 g/mol. The van der Waals surface area contributed by atoms with E-state index in [4.69, 9.17) is 13.6 Å². The Morgan fingerprint density at radius 1 is 1.15 bits per heavy atom. The van der Waals surface area contributed by atoms with Gasteiger partial charge in [-0.2, -0.15) is 0 Å². The topological polar surface area (TPSA) is 44.8 Å². The van der Waals surface area contributed by atoms with Crippen molar-refractivity contribution in [3.05, 3.63) is 12.7 Å². The predicted molar refractivity (Wildman–Crippen MR) is 88.8 cm³/mol. The first kappa shape index (κ1) is 19.8. The maximum atomic E-state index is 11.3. The van der Waals surface area contributed by atoms with Crippen molar-refractivity contribution in [3.63, 3.8) is 0 Å². The second kappa shape index (κ2) is 8.28. The Hall–Kier alpha value is -0.219. The highest BCUT2D eigenvalue weighted by Gasteiger charge is 2.30. The fourth-order valence-corrected chi connectivity index (χ4v) is 6.18. The fraction of sp³-hybridized carbons (Fsp3) is 0.769. The Labute approximate surface area is 128 Å². The number of ether oxygens (including phenoxy) is 1. The van der Waals surface area contributed by atoms with E-state index < -0.39 is 16.6 Å². The summed E-state index contributed by atoms with van der Waals surface area (Å²) >= 11 is 0. The molecule has 0 N–H and O–H groups in total. The highest BCUT2D eigenvalue weighted by atomic mass is 28.4. The largest absolute Gasteiger partial charge is 0.463 e. The van der Waals surface area contributed by atoms with Gasteiger partial charge in [-0.15, -0.1) is 0 Å². The minimum Gasteiger partial charge on any atom is -0.463 e. The maximum absolute atomic E-state index is 11.3. The second-order valence-corrected chi connectivity index (χ2v) is 16.9. The molecule has 0 amide bonds. The van der Waals surface area contributed by atoms with Crippen LogP contribution in [0.2, 0.25) is 39.3 Å². The van der Waals surface area contributed by atoms with E-state index in [-0.39, 0.29) is 17.6 Å². The van der Waals surface area contributed by atoms with Crippen LogP contribution >= 0.6 is 0 Å². The van der Waals surface area contributed by atoms with Gasteiger partial charge in [-0.05, 0) is 45.7 Å². The van der Waals surface area contributed by atoms with E-state index in [1.807, 2.05) is 6.92 Å². The van der Waals surface area contributed by atoms with Crippen LogP contribution in [-0.4, -0.2) is 43.8 Å². The van der Waals surface area contributed by atoms with E-state index in [9.17, 15) is 4.79 Å². The van der Waals surface area contributed by atoms with Crippen molar-refractivity contribution < 1.29 is 18.4 Å². The molecule has 2 radical (unpaired) electrons. The molecular weight excluding hydrogens is 304 g/mol. The first-order chi connectivity index (χ1) is 8.96. The van der Waals surface area contributed by atoms with Gasteiger partial charge in [0, 0.05) is 6.08 Å². The average Bonchev–Trinajstić information content (AvgIpc) is 2.23. The third-order valence-corrected chi connectivity index (χ3v) is 5.76. The average molecular weight is 333 g/mol. The van der Waals surface area contributed by atoms with Crippen LogP contribution in [-0.2, 0) is 18.4 Å². The van der Waals surface area contributed by atoms with Gasteiger partial charge in [0.2, 0.25) is 0 Å². The molecule has 20 heavy (non-hydrogen) atoms. The summed E-state index contributed by atoms with van der Waals surface area (Å²) in [6.45, 7) is 18.2. The summed E-state index contributed by atoms with van der Waals surface area (Å²) < 4.78 is 17.6. The van der Waals surface area contributed by atoms with Gasteiger partial charge in [0.1, 0.15) is 5.91 Å². The van der Waals surface area contributed by atoms with Gasteiger partial charge in [0.15, 0.2) is 26.2 Å². The molecule has 0 rings (SSSR count). The molecule has 1 unspecified atom stereocenters. The van der Waals surface area contributed by atoms with Crippen molar-refractivity contribution in [2.24, 2.45) is 0 Å². The highest BCUT2D eigenvalue weighted by Crippen LogP contribution is 2.15. The number of carbonyl (C=O) groups excluding carboxylic acids is 1. The molecular formula is C13H28O4Si3. The summed E-state index contributed by atoms with van der Waals surface area (Å²) in [6.07, 6.45) is 1.94. The lowest BCUT2D eigenvalue weighted by atomic mass is 10.5. The summed E-state index contributed by atoms with van der Waals surface area (Å²) in [6, 6.07) is 0. The Kier molecular flexibility index (Phi) is 8.19. The Balaban J connectivity index is 4.75. The smallest absolute Gasteiger partial charge is 0.330 e. The zero-order valence-corrected chi connectivity index (χ0v) is 16.8. The van der Waals surface area contributed by atoms with Gasteiger partial charge < -0.3 is 13.6 Å². The molecule has 0 aromatic heterocycles. The number of rotatable bonds is 9. The van der Waals surface area contributed by atoms with Crippen LogP contribution in [0.15, 0.2) is 12.7 Å². The van der Waals surface area contributed by atoms with E-state index in [2.05, 4.69) is 45.9 Å². The minimum absolute atomic E-state index is 0.168. The van der Waals surface area contributed by atoms with E-state index >= 15 is 0 Å². The SMILES string of the molecule is C=CC(=O)OC(CC)[Si]C(O[Si](C)(C)C)O[Si](C)(C)C. The lowest BCUT2D eigenvalue weighted by Crippen LogP contribution is -2.46.